The number of nitrogens with one attached hydrogen (secondary N) is 1. The lowest BCUT2D eigenvalue weighted by atomic mass is 10.2. The number of rotatable bonds is 6. The third-order valence-corrected chi connectivity index (χ3v) is 3.37. The van der Waals surface area contributed by atoms with Crippen molar-refractivity contribution in [2.75, 3.05) is 13.7 Å². The average molecular weight is 361 g/mol. The lowest BCUT2D eigenvalue weighted by molar-refractivity contribution is -0.385. The van der Waals surface area contributed by atoms with Crippen molar-refractivity contribution in [2.45, 2.75) is 0 Å². The normalized spacial score (nSPS) is 10.1. The molecule has 0 atom stereocenters. The van der Waals surface area contributed by atoms with Gasteiger partial charge in [0.15, 0.2) is 12.4 Å². The Kier molecular flexibility index (Phi) is 5.68. The van der Waals surface area contributed by atoms with Crippen LogP contribution < -0.4 is 10.1 Å². The highest BCUT2D eigenvalue weighted by atomic mass is 16.6. The molecule has 0 saturated carbocycles. The quantitative estimate of drug-likeness (QED) is 0.462. The third-order valence-electron chi connectivity index (χ3n) is 3.37. The van der Waals surface area contributed by atoms with E-state index in [1.54, 1.807) is 19.3 Å². The van der Waals surface area contributed by atoms with Gasteiger partial charge in [-0.3, -0.25) is 25.0 Å². The minimum Gasteiger partial charge on any atom is -0.490 e. The first kappa shape index (κ1) is 18.6. The van der Waals surface area contributed by atoms with Gasteiger partial charge < -0.3 is 14.0 Å². The zero-order chi connectivity index (χ0) is 19.3. The molecule has 10 nitrogen and oxygen atoms in total. The van der Waals surface area contributed by atoms with Gasteiger partial charge in [0, 0.05) is 19.3 Å². The summed E-state index contributed by atoms with van der Waals surface area (Å²) >= 11 is 0. The van der Waals surface area contributed by atoms with Gasteiger partial charge in [-0.15, -0.1) is 0 Å². The number of carbonyl (C=O) groups is 3. The summed E-state index contributed by atoms with van der Waals surface area (Å²) < 4.78 is 11.1. The van der Waals surface area contributed by atoms with Gasteiger partial charge in [-0.25, -0.2) is 4.79 Å². The predicted molar refractivity (Wildman–Crippen MR) is 87.8 cm³/mol. The summed E-state index contributed by atoms with van der Waals surface area (Å²) in [6.07, 6.45) is 1.63. The first-order chi connectivity index (χ1) is 12.3. The fraction of sp³-hybridized carbons (Fsp3) is 0.188. The zero-order valence-corrected chi connectivity index (χ0v) is 13.9. The van der Waals surface area contributed by atoms with E-state index in [-0.39, 0.29) is 17.0 Å². The van der Waals surface area contributed by atoms with Crippen molar-refractivity contribution in [3.05, 3.63) is 57.9 Å². The van der Waals surface area contributed by atoms with Crippen LogP contribution in [-0.4, -0.2) is 41.0 Å². The van der Waals surface area contributed by atoms with E-state index >= 15 is 0 Å². The van der Waals surface area contributed by atoms with Gasteiger partial charge in [0.25, 0.3) is 11.8 Å². The van der Waals surface area contributed by atoms with E-state index < -0.39 is 35.0 Å². The van der Waals surface area contributed by atoms with Crippen molar-refractivity contribution in [1.82, 2.24) is 9.88 Å². The summed E-state index contributed by atoms with van der Waals surface area (Å²) in [5.41, 5.74) is -0.278. The molecule has 0 unspecified atom stereocenters. The molecule has 1 aromatic carbocycles. The Morgan fingerprint density at radius 3 is 2.58 bits per heavy atom. The molecule has 0 saturated heterocycles. The number of imide groups is 1. The van der Waals surface area contributed by atoms with E-state index in [2.05, 4.69) is 5.32 Å². The van der Waals surface area contributed by atoms with E-state index in [0.29, 0.717) is 0 Å². The topological polar surface area (TPSA) is 130 Å². The number of hydrogen-bond acceptors (Lipinski definition) is 7. The van der Waals surface area contributed by atoms with E-state index in [1.807, 2.05) is 0 Å². The Labute approximate surface area is 147 Å². The predicted octanol–water partition coefficient (Wildman–Crippen LogP) is 1.06. The van der Waals surface area contributed by atoms with Gasteiger partial charge in [0.1, 0.15) is 5.69 Å². The molecule has 0 radical (unpaired) electrons. The number of amides is 2. The molecule has 2 amide bonds. The Hall–Kier alpha value is -3.69. The second kappa shape index (κ2) is 7.92. The van der Waals surface area contributed by atoms with Crippen molar-refractivity contribution in [3.8, 4) is 5.75 Å². The molecule has 0 aliphatic rings. The van der Waals surface area contributed by atoms with Gasteiger partial charge in [-0.2, -0.15) is 0 Å². The van der Waals surface area contributed by atoms with Crippen LogP contribution in [-0.2, 0) is 16.6 Å². The Morgan fingerprint density at radius 1 is 1.27 bits per heavy atom. The van der Waals surface area contributed by atoms with Crippen LogP contribution >= 0.6 is 0 Å². The molecule has 2 aromatic rings. The zero-order valence-electron chi connectivity index (χ0n) is 13.9. The van der Waals surface area contributed by atoms with E-state index in [9.17, 15) is 24.5 Å². The second-order valence-corrected chi connectivity index (χ2v) is 5.10. The fourth-order valence-corrected chi connectivity index (χ4v) is 2.10. The molecule has 0 bridgehead atoms. The fourth-order valence-electron chi connectivity index (χ4n) is 2.10. The third kappa shape index (κ3) is 4.23. The smallest absolute Gasteiger partial charge is 0.338 e. The van der Waals surface area contributed by atoms with Crippen molar-refractivity contribution >= 4 is 23.5 Å². The van der Waals surface area contributed by atoms with Crippen molar-refractivity contribution in [3.63, 3.8) is 0 Å². The van der Waals surface area contributed by atoms with Crippen LogP contribution in [0.2, 0.25) is 0 Å². The van der Waals surface area contributed by atoms with Gasteiger partial charge in [-0.05, 0) is 24.3 Å². The van der Waals surface area contributed by atoms with Crippen LogP contribution in [0.4, 0.5) is 5.69 Å². The molecule has 0 aliphatic heterocycles. The maximum absolute atomic E-state index is 11.9. The molecule has 1 N–H and O–H groups in total. The molecule has 1 heterocycles. The number of benzene rings is 1. The average Bonchev–Trinajstić information content (AvgIpc) is 3.05. The summed E-state index contributed by atoms with van der Waals surface area (Å²) in [6.45, 7) is -0.713. The number of aromatic nitrogens is 1. The maximum Gasteiger partial charge on any atom is 0.338 e. The Morgan fingerprint density at radius 2 is 2.00 bits per heavy atom. The highest BCUT2D eigenvalue weighted by Gasteiger charge is 2.20. The number of nitrogens with zero attached hydrogens (tertiary/aromatic N) is 2. The molecular formula is C16H15N3O7. The first-order valence-electron chi connectivity index (χ1n) is 7.28. The van der Waals surface area contributed by atoms with Crippen LogP contribution in [0.15, 0.2) is 36.5 Å². The van der Waals surface area contributed by atoms with Crippen LogP contribution in [0.25, 0.3) is 0 Å². The molecule has 0 spiro atoms. The molecule has 136 valence electrons. The highest BCUT2D eigenvalue weighted by Crippen LogP contribution is 2.27. The van der Waals surface area contributed by atoms with Crippen LogP contribution in [0.5, 0.6) is 5.75 Å². The van der Waals surface area contributed by atoms with Gasteiger partial charge in [-0.1, -0.05) is 0 Å². The van der Waals surface area contributed by atoms with Crippen LogP contribution in [0, 0.1) is 10.1 Å². The number of aryl methyl sites for hydroxylation is 1. The van der Waals surface area contributed by atoms with Crippen LogP contribution in [0.3, 0.4) is 0 Å². The van der Waals surface area contributed by atoms with Gasteiger partial charge >= 0.3 is 11.7 Å². The molecule has 26 heavy (non-hydrogen) atoms. The number of ether oxygens (including phenoxy) is 2. The standard InChI is InChI=1S/C16H15N3O7/c1-18-7-3-4-11(18)15(21)17-14(20)9-26-16(22)10-5-6-13(25-2)12(8-10)19(23)24/h3-8H,9H2,1-2H3,(H,17,20,21). The minimum absolute atomic E-state index is 0.0162. The summed E-state index contributed by atoms with van der Waals surface area (Å²) in [5, 5.41) is 13.0. The SMILES string of the molecule is COc1ccc(C(=O)OCC(=O)NC(=O)c2cccn2C)cc1[N+](=O)[O-]. The number of hydrogen-bond donors (Lipinski definition) is 1. The van der Waals surface area contributed by atoms with Crippen LogP contribution in [0.1, 0.15) is 20.8 Å². The summed E-state index contributed by atoms with van der Waals surface area (Å²) in [5.74, 6) is -2.43. The van der Waals surface area contributed by atoms with E-state index in [4.69, 9.17) is 9.47 Å². The van der Waals surface area contributed by atoms with Crippen molar-refractivity contribution in [2.24, 2.45) is 7.05 Å². The molecular weight excluding hydrogens is 346 g/mol. The molecule has 0 fully saturated rings. The van der Waals surface area contributed by atoms with Crippen molar-refractivity contribution in [1.29, 1.82) is 0 Å². The second-order valence-electron chi connectivity index (χ2n) is 5.10. The van der Waals surface area contributed by atoms with E-state index in [1.165, 1.54) is 29.9 Å². The van der Waals surface area contributed by atoms with E-state index in [0.717, 1.165) is 6.07 Å². The molecule has 10 heteroatoms. The Balaban J connectivity index is 1.97. The highest BCUT2D eigenvalue weighted by molar-refractivity contribution is 6.04. The number of esters is 1. The maximum atomic E-state index is 11.9. The lowest BCUT2D eigenvalue weighted by Gasteiger charge is -2.07. The molecule has 0 aliphatic carbocycles. The first-order valence-corrected chi connectivity index (χ1v) is 7.28. The number of nitro groups is 1. The molecule has 1 aromatic heterocycles. The number of carbonyl (C=O) groups excluding carboxylic acids is 3. The summed E-state index contributed by atoms with van der Waals surface area (Å²) in [4.78, 5) is 45.8. The van der Waals surface area contributed by atoms with Gasteiger partial charge in [0.05, 0.1) is 17.6 Å². The number of nitro benzene ring substituents is 1. The Bertz CT molecular complexity index is 872. The lowest BCUT2D eigenvalue weighted by Crippen LogP contribution is -2.35. The largest absolute Gasteiger partial charge is 0.490 e. The summed E-state index contributed by atoms with van der Waals surface area (Å²) in [7, 11) is 2.89. The number of methoxy groups -OCH3 is 1. The monoisotopic (exact) mass is 361 g/mol. The minimum atomic E-state index is -0.947. The van der Waals surface area contributed by atoms with Crippen molar-refractivity contribution < 1.29 is 28.8 Å². The van der Waals surface area contributed by atoms with Gasteiger partial charge in [0.2, 0.25) is 0 Å². The molecule has 2 rings (SSSR count). The summed E-state index contributed by atoms with van der Waals surface area (Å²) in [6, 6.07) is 6.64.